The number of benzene rings is 1. The number of hydrogen-bond acceptors (Lipinski definition) is 4. The van der Waals surface area contributed by atoms with Gasteiger partial charge in [0.05, 0.1) is 16.8 Å². The molecule has 1 aromatic heterocycles. The molecule has 0 saturated heterocycles. The number of carboxylic acid groups (broad SMARTS) is 1. The van der Waals surface area contributed by atoms with Crippen molar-refractivity contribution in [3.8, 4) is 0 Å². The summed E-state index contributed by atoms with van der Waals surface area (Å²) in [7, 11) is 0. The van der Waals surface area contributed by atoms with Crippen LogP contribution in [0.2, 0.25) is 0 Å². The van der Waals surface area contributed by atoms with Crippen LogP contribution in [0.3, 0.4) is 0 Å². The summed E-state index contributed by atoms with van der Waals surface area (Å²) in [6.07, 6.45) is 2.53. The summed E-state index contributed by atoms with van der Waals surface area (Å²) in [5, 5.41) is 12.9. The van der Waals surface area contributed by atoms with Crippen LogP contribution in [0.1, 0.15) is 30.1 Å². The molecule has 1 amide bonds. The third-order valence-corrected chi connectivity index (χ3v) is 3.23. The molecule has 1 atom stereocenters. The summed E-state index contributed by atoms with van der Waals surface area (Å²) in [5.74, 6) is -1.61. The molecule has 0 fully saturated rings. The molecule has 0 aliphatic carbocycles. The minimum Gasteiger partial charge on any atom is -0.480 e. The second-order valence-electron chi connectivity index (χ2n) is 4.75. The molecule has 1 heterocycles. The Hall–Kier alpha value is -2.63. The van der Waals surface area contributed by atoms with Crippen molar-refractivity contribution < 1.29 is 14.7 Å². The van der Waals surface area contributed by atoms with Gasteiger partial charge in [0, 0.05) is 11.6 Å². The van der Waals surface area contributed by atoms with Crippen molar-refractivity contribution in [2.24, 2.45) is 5.73 Å². The molecule has 110 valence electrons. The molecule has 0 spiro atoms. The predicted molar refractivity (Wildman–Crippen MR) is 80.2 cm³/mol. The fourth-order valence-electron chi connectivity index (χ4n) is 2.20. The summed E-state index contributed by atoms with van der Waals surface area (Å²) >= 11 is 0. The van der Waals surface area contributed by atoms with Crippen molar-refractivity contribution >= 4 is 28.5 Å². The molecule has 2 rings (SSSR count). The lowest BCUT2D eigenvalue weighted by atomic mass is 10.1. The van der Waals surface area contributed by atoms with Gasteiger partial charge in [0.2, 0.25) is 0 Å². The molecular weight excluding hydrogens is 270 g/mol. The summed E-state index contributed by atoms with van der Waals surface area (Å²) in [5.41, 5.74) is 6.65. The summed E-state index contributed by atoms with van der Waals surface area (Å²) in [4.78, 5) is 27.1. The number of amides is 1. The van der Waals surface area contributed by atoms with Crippen LogP contribution < -0.4 is 11.1 Å². The standard InChI is InChI=1S/C15H17N3O3/c1-2-5-12(15(20)21)18-13-9-6-3-4-7-11(9)17-8-10(13)14(16)19/h3-4,6-8,12H,2,5H2,1H3,(H2,16,19)(H,17,18)(H,20,21). The third-order valence-electron chi connectivity index (χ3n) is 3.23. The first kappa shape index (κ1) is 14.8. The van der Waals surface area contributed by atoms with Gasteiger partial charge in [-0.25, -0.2) is 4.79 Å². The van der Waals surface area contributed by atoms with Gasteiger partial charge < -0.3 is 16.2 Å². The Morgan fingerprint density at radius 2 is 2.10 bits per heavy atom. The SMILES string of the molecule is CCCC(Nc1c(C(N)=O)cnc2ccccc12)C(=O)O. The quantitative estimate of drug-likeness (QED) is 0.753. The Kier molecular flexibility index (Phi) is 4.37. The van der Waals surface area contributed by atoms with Crippen molar-refractivity contribution in [3.05, 3.63) is 36.0 Å². The molecule has 6 heteroatoms. The third kappa shape index (κ3) is 3.10. The highest BCUT2D eigenvalue weighted by Crippen LogP contribution is 2.26. The van der Waals surface area contributed by atoms with Crippen LogP contribution in [-0.2, 0) is 4.79 Å². The number of carbonyl (C=O) groups excluding carboxylic acids is 1. The zero-order chi connectivity index (χ0) is 15.4. The Morgan fingerprint density at radius 3 is 2.71 bits per heavy atom. The minimum atomic E-state index is -0.965. The van der Waals surface area contributed by atoms with Gasteiger partial charge in [-0.15, -0.1) is 0 Å². The first-order valence-electron chi connectivity index (χ1n) is 6.71. The Labute approximate surface area is 122 Å². The Balaban J connectivity index is 2.55. The lowest BCUT2D eigenvalue weighted by Gasteiger charge is -2.18. The lowest BCUT2D eigenvalue weighted by molar-refractivity contribution is -0.138. The smallest absolute Gasteiger partial charge is 0.326 e. The molecule has 21 heavy (non-hydrogen) atoms. The zero-order valence-corrected chi connectivity index (χ0v) is 11.7. The van der Waals surface area contributed by atoms with E-state index in [4.69, 9.17) is 5.73 Å². The Morgan fingerprint density at radius 1 is 1.38 bits per heavy atom. The van der Waals surface area contributed by atoms with Crippen LogP contribution in [0.15, 0.2) is 30.5 Å². The number of pyridine rings is 1. The highest BCUT2D eigenvalue weighted by molar-refractivity contribution is 6.07. The maximum Gasteiger partial charge on any atom is 0.326 e. The maximum atomic E-state index is 11.6. The van der Waals surface area contributed by atoms with Gasteiger partial charge in [-0.2, -0.15) is 0 Å². The molecule has 4 N–H and O–H groups in total. The number of primary amides is 1. The number of nitrogens with one attached hydrogen (secondary N) is 1. The van der Waals surface area contributed by atoms with E-state index in [2.05, 4.69) is 10.3 Å². The van der Waals surface area contributed by atoms with Gasteiger partial charge in [-0.3, -0.25) is 9.78 Å². The first-order chi connectivity index (χ1) is 10.0. The number of rotatable bonds is 6. The number of aromatic nitrogens is 1. The number of aliphatic carboxylic acids is 1. The molecule has 0 saturated carbocycles. The lowest BCUT2D eigenvalue weighted by Crippen LogP contribution is -2.30. The van der Waals surface area contributed by atoms with Crippen molar-refractivity contribution in [2.75, 3.05) is 5.32 Å². The largest absolute Gasteiger partial charge is 0.480 e. The maximum absolute atomic E-state index is 11.6. The molecule has 0 aliphatic rings. The van der Waals surface area contributed by atoms with Crippen LogP contribution >= 0.6 is 0 Å². The molecule has 1 unspecified atom stereocenters. The summed E-state index contributed by atoms with van der Waals surface area (Å²) in [6.45, 7) is 1.90. The van der Waals surface area contributed by atoms with E-state index < -0.39 is 17.9 Å². The van der Waals surface area contributed by atoms with Crippen molar-refractivity contribution in [1.29, 1.82) is 0 Å². The summed E-state index contributed by atoms with van der Waals surface area (Å²) < 4.78 is 0. The van der Waals surface area contributed by atoms with E-state index in [1.54, 1.807) is 18.2 Å². The van der Waals surface area contributed by atoms with E-state index >= 15 is 0 Å². The number of fused-ring (bicyclic) bond motifs is 1. The van der Waals surface area contributed by atoms with E-state index in [0.717, 1.165) is 0 Å². The van der Waals surface area contributed by atoms with E-state index in [0.29, 0.717) is 29.4 Å². The first-order valence-corrected chi connectivity index (χ1v) is 6.71. The van der Waals surface area contributed by atoms with Crippen molar-refractivity contribution in [3.63, 3.8) is 0 Å². The second-order valence-corrected chi connectivity index (χ2v) is 4.75. The number of hydrogen-bond donors (Lipinski definition) is 3. The zero-order valence-electron chi connectivity index (χ0n) is 11.7. The van der Waals surface area contributed by atoms with Crippen molar-refractivity contribution in [2.45, 2.75) is 25.8 Å². The van der Waals surface area contributed by atoms with Gasteiger partial charge in [0.1, 0.15) is 6.04 Å². The topological polar surface area (TPSA) is 105 Å². The van der Waals surface area contributed by atoms with Crippen LogP contribution in [-0.4, -0.2) is 28.0 Å². The number of nitrogens with two attached hydrogens (primary N) is 1. The molecule has 0 bridgehead atoms. The van der Waals surface area contributed by atoms with Gasteiger partial charge in [0.15, 0.2) is 0 Å². The van der Waals surface area contributed by atoms with Crippen LogP contribution in [0, 0.1) is 0 Å². The van der Waals surface area contributed by atoms with Gasteiger partial charge >= 0.3 is 5.97 Å². The number of anilines is 1. The number of carboxylic acids is 1. The molecule has 6 nitrogen and oxygen atoms in total. The molecular formula is C15H17N3O3. The molecule has 2 aromatic rings. The van der Waals surface area contributed by atoms with Gasteiger partial charge in [-0.05, 0) is 12.5 Å². The van der Waals surface area contributed by atoms with Gasteiger partial charge in [-0.1, -0.05) is 31.5 Å². The normalized spacial score (nSPS) is 12.0. The van der Waals surface area contributed by atoms with E-state index in [9.17, 15) is 14.7 Å². The highest BCUT2D eigenvalue weighted by atomic mass is 16.4. The number of nitrogens with zero attached hydrogens (tertiary/aromatic N) is 1. The van der Waals surface area contributed by atoms with E-state index in [-0.39, 0.29) is 5.56 Å². The average molecular weight is 287 g/mol. The molecule has 0 aliphatic heterocycles. The second kappa shape index (κ2) is 6.21. The average Bonchev–Trinajstić information content (AvgIpc) is 2.46. The van der Waals surface area contributed by atoms with Crippen LogP contribution in [0.4, 0.5) is 5.69 Å². The predicted octanol–water partition coefficient (Wildman–Crippen LogP) is 2.00. The number of carbonyl (C=O) groups is 2. The fourth-order valence-corrected chi connectivity index (χ4v) is 2.20. The fraction of sp³-hybridized carbons (Fsp3) is 0.267. The summed E-state index contributed by atoms with van der Waals surface area (Å²) in [6, 6.07) is 6.42. The minimum absolute atomic E-state index is 0.191. The highest BCUT2D eigenvalue weighted by Gasteiger charge is 2.20. The number of para-hydroxylation sites is 1. The molecule has 0 radical (unpaired) electrons. The van der Waals surface area contributed by atoms with E-state index in [1.165, 1.54) is 6.20 Å². The van der Waals surface area contributed by atoms with Crippen molar-refractivity contribution in [1.82, 2.24) is 4.98 Å². The van der Waals surface area contributed by atoms with E-state index in [1.807, 2.05) is 13.0 Å². The Bertz CT molecular complexity index is 685. The monoisotopic (exact) mass is 287 g/mol. The van der Waals surface area contributed by atoms with Crippen LogP contribution in [0.5, 0.6) is 0 Å². The van der Waals surface area contributed by atoms with Crippen LogP contribution in [0.25, 0.3) is 10.9 Å². The molecule has 1 aromatic carbocycles. The van der Waals surface area contributed by atoms with Gasteiger partial charge in [0.25, 0.3) is 5.91 Å².